The molecule has 0 bridgehead atoms. The molecule has 27 heavy (non-hydrogen) atoms. The molecular formula is C20H16FN3O3. The summed E-state index contributed by atoms with van der Waals surface area (Å²) in [6.07, 6.45) is 3.58. The summed E-state index contributed by atoms with van der Waals surface area (Å²) in [6.45, 7) is 0.865. The van der Waals surface area contributed by atoms with Crippen LogP contribution in [0.15, 0.2) is 60.9 Å². The lowest BCUT2D eigenvalue weighted by Gasteiger charge is -2.10. The molecule has 0 fully saturated rings. The first-order chi connectivity index (χ1) is 13.2. The van der Waals surface area contributed by atoms with Crippen LogP contribution >= 0.6 is 0 Å². The zero-order valence-electron chi connectivity index (χ0n) is 14.2. The second-order valence-corrected chi connectivity index (χ2v) is 5.99. The van der Waals surface area contributed by atoms with E-state index < -0.39 is 11.7 Å². The minimum atomic E-state index is -0.906. The second kappa shape index (κ2) is 7.05. The normalized spacial score (nSPS) is 11.0. The summed E-state index contributed by atoms with van der Waals surface area (Å²) < 4.78 is 21.7. The summed E-state index contributed by atoms with van der Waals surface area (Å²) in [5.74, 6) is -1.36. The number of halogens is 1. The lowest BCUT2D eigenvalue weighted by molar-refractivity contribution is 0.0701. The second-order valence-electron chi connectivity index (χ2n) is 5.99. The van der Waals surface area contributed by atoms with Crippen molar-refractivity contribution in [2.75, 3.05) is 6.61 Å². The van der Waals surface area contributed by atoms with E-state index in [1.165, 1.54) is 17.6 Å². The zero-order valence-corrected chi connectivity index (χ0v) is 14.2. The number of hydrogen-bond acceptors (Lipinski definition) is 4. The molecule has 4 aromatic rings. The van der Waals surface area contributed by atoms with Crippen LogP contribution in [-0.4, -0.2) is 27.3 Å². The average Bonchev–Trinajstić information content (AvgIpc) is 3.02. The maximum Gasteiger partial charge on any atom is 0.277 e. The van der Waals surface area contributed by atoms with Gasteiger partial charge in [0.25, 0.3) is 5.91 Å². The Morgan fingerprint density at radius 2 is 1.96 bits per heavy atom. The molecule has 2 N–H and O–H groups in total. The number of nitrogens with zero attached hydrogens (tertiary/aromatic N) is 2. The molecule has 2 aromatic heterocycles. The van der Waals surface area contributed by atoms with Gasteiger partial charge in [-0.25, -0.2) is 9.87 Å². The maximum atomic E-state index is 13.9. The van der Waals surface area contributed by atoms with Crippen molar-refractivity contribution in [2.24, 2.45) is 0 Å². The molecular weight excluding hydrogens is 349 g/mol. The van der Waals surface area contributed by atoms with Gasteiger partial charge in [-0.05, 0) is 24.3 Å². The predicted octanol–water partition coefficient (Wildman–Crippen LogP) is 3.53. The van der Waals surface area contributed by atoms with Crippen LogP contribution in [0.5, 0.6) is 5.75 Å². The standard InChI is InChI=1S/C20H16FN3O3/c21-17-11-13(5-6-16(17)20(25)23-26)27-10-9-24-18-4-2-1-3-14(18)15-7-8-22-12-19(15)24/h1-8,11-12,26H,9-10H2,(H,23,25). The summed E-state index contributed by atoms with van der Waals surface area (Å²) in [7, 11) is 0. The number of carbonyl (C=O) groups excluding carboxylic acids is 1. The number of amides is 1. The van der Waals surface area contributed by atoms with Gasteiger partial charge in [-0.3, -0.25) is 15.0 Å². The number of hydrogen-bond donors (Lipinski definition) is 2. The largest absolute Gasteiger partial charge is 0.492 e. The monoisotopic (exact) mass is 365 g/mol. The van der Waals surface area contributed by atoms with Crippen LogP contribution in [0, 0.1) is 5.82 Å². The molecule has 7 heteroatoms. The Balaban J connectivity index is 1.56. The molecule has 136 valence electrons. The molecule has 2 aromatic carbocycles. The molecule has 1 amide bonds. The lowest BCUT2D eigenvalue weighted by atomic mass is 10.2. The van der Waals surface area contributed by atoms with Crippen molar-refractivity contribution in [3.05, 3.63) is 72.3 Å². The van der Waals surface area contributed by atoms with Crippen molar-refractivity contribution in [3.63, 3.8) is 0 Å². The van der Waals surface area contributed by atoms with E-state index in [-0.39, 0.29) is 5.56 Å². The molecule has 0 aliphatic rings. The quantitative estimate of drug-likeness (QED) is 0.419. The Morgan fingerprint density at radius 1 is 1.15 bits per heavy atom. The van der Waals surface area contributed by atoms with E-state index in [1.54, 1.807) is 6.20 Å². The maximum absolute atomic E-state index is 13.9. The van der Waals surface area contributed by atoms with Gasteiger partial charge in [0.15, 0.2) is 0 Å². The van der Waals surface area contributed by atoms with Gasteiger partial charge in [0.1, 0.15) is 18.2 Å². The highest BCUT2D eigenvalue weighted by Crippen LogP contribution is 2.28. The van der Waals surface area contributed by atoms with Gasteiger partial charge in [0, 0.05) is 28.6 Å². The lowest BCUT2D eigenvalue weighted by Crippen LogP contribution is -2.20. The summed E-state index contributed by atoms with van der Waals surface area (Å²) in [5.41, 5.74) is 3.23. The van der Waals surface area contributed by atoms with E-state index in [4.69, 9.17) is 9.94 Å². The Hall–Kier alpha value is -3.45. The van der Waals surface area contributed by atoms with Gasteiger partial charge in [-0.1, -0.05) is 18.2 Å². The first-order valence-electron chi connectivity index (χ1n) is 8.37. The molecule has 0 spiro atoms. The molecule has 0 saturated heterocycles. The number of rotatable bonds is 5. The summed E-state index contributed by atoms with van der Waals surface area (Å²) in [6, 6.07) is 13.9. The van der Waals surface area contributed by atoms with E-state index in [2.05, 4.69) is 15.6 Å². The van der Waals surface area contributed by atoms with Crippen LogP contribution in [-0.2, 0) is 6.54 Å². The number of ether oxygens (including phenoxy) is 1. The SMILES string of the molecule is O=C(NO)c1ccc(OCCn2c3ccccc3c3ccncc32)cc1F. The Kier molecular flexibility index (Phi) is 4.43. The van der Waals surface area contributed by atoms with E-state index in [1.807, 2.05) is 30.5 Å². The van der Waals surface area contributed by atoms with Crippen molar-refractivity contribution < 1.29 is 19.1 Å². The van der Waals surface area contributed by atoms with Crippen LogP contribution < -0.4 is 10.2 Å². The Bertz CT molecular complexity index is 1090. The molecule has 4 rings (SSSR count). The zero-order chi connectivity index (χ0) is 18.8. The number of hydroxylamine groups is 1. The number of para-hydroxylation sites is 1. The highest BCUT2D eigenvalue weighted by molar-refractivity contribution is 6.07. The summed E-state index contributed by atoms with van der Waals surface area (Å²) in [4.78, 5) is 15.5. The van der Waals surface area contributed by atoms with Crippen molar-refractivity contribution in [1.29, 1.82) is 0 Å². The summed E-state index contributed by atoms with van der Waals surface area (Å²) >= 11 is 0. The van der Waals surface area contributed by atoms with Gasteiger partial charge in [-0.15, -0.1) is 0 Å². The third kappa shape index (κ3) is 3.09. The van der Waals surface area contributed by atoms with Crippen LogP contribution in [0.4, 0.5) is 4.39 Å². The average molecular weight is 365 g/mol. The van der Waals surface area contributed by atoms with Crippen molar-refractivity contribution in [3.8, 4) is 5.75 Å². The Labute approximate surface area is 153 Å². The minimum absolute atomic E-state index is 0.252. The molecule has 0 aliphatic carbocycles. The first-order valence-corrected chi connectivity index (χ1v) is 8.37. The van der Waals surface area contributed by atoms with E-state index in [0.29, 0.717) is 18.9 Å². The highest BCUT2D eigenvalue weighted by atomic mass is 19.1. The van der Waals surface area contributed by atoms with Crippen LogP contribution in [0.1, 0.15) is 10.4 Å². The number of pyridine rings is 1. The molecule has 2 heterocycles. The predicted molar refractivity (Wildman–Crippen MR) is 98.4 cm³/mol. The van der Waals surface area contributed by atoms with Gasteiger partial charge >= 0.3 is 0 Å². The fourth-order valence-corrected chi connectivity index (χ4v) is 3.22. The molecule has 0 saturated carbocycles. The van der Waals surface area contributed by atoms with E-state index >= 15 is 0 Å². The summed E-state index contributed by atoms with van der Waals surface area (Å²) in [5, 5.41) is 10.9. The third-order valence-corrected chi connectivity index (χ3v) is 4.45. The number of carbonyl (C=O) groups is 1. The van der Waals surface area contributed by atoms with Gasteiger partial charge in [-0.2, -0.15) is 0 Å². The van der Waals surface area contributed by atoms with Gasteiger partial charge in [0.2, 0.25) is 0 Å². The fraction of sp³-hybridized carbons (Fsp3) is 0.100. The highest BCUT2D eigenvalue weighted by Gasteiger charge is 2.13. The third-order valence-electron chi connectivity index (χ3n) is 4.45. The van der Waals surface area contributed by atoms with Gasteiger partial charge < -0.3 is 9.30 Å². The number of fused-ring (bicyclic) bond motifs is 3. The van der Waals surface area contributed by atoms with Crippen molar-refractivity contribution >= 4 is 27.7 Å². The molecule has 0 radical (unpaired) electrons. The van der Waals surface area contributed by atoms with Crippen molar-refractivity contribution in [1.82, 2.24) is 15.0 Å². The van der Waals surface area contributed by atoms with E-state index in [9.17, 15) is 9.18 Å². The number of benzene rings is 2. The van der Waals surface area contributed by atoms with Crippen LogP contribution in [0.25, 0.3) is 21.8 Å². The molecule has 0 atom stereocenters. The molecule has 0 aliphatic heterocycles. The number of aromatic nitrogens is 2. The Morgan fingerprint density at radius 3 is 2.78 bits per heavy atom. The topological polar surface area (TPSA) is 76.4 Å². The first kappa shape index (κ1) is 17.0. The van der Waals surface area contributed by atoms with E-state index in [0.717, 1.165) is 27.9 Å². The van der Waals surface area contributed by atoms with Crippen LogP contribution in [0.2, 0.25) is 0 Å². The number of nitrogens with one attached hydrogen (secondary N) is 1. The van der Waals surface area contributed by atoms with Gasteiger partial charge in [0.05, 0.1) is 23.8 Å². The molecule has 6 nitrogen and oxygen atoms in total. The fourth-order valence-electron chi connectivity index (χ4n) is 3.22. The van der Waals surface area contributed by atoms with Crippen LogP contribution in [0.3, 0.4) is 0 Å². The smallest absolute Gasteiger partial charge is 0.277 e. The minimum Gasteiger partial charge on any atom is -0.492 e. The van der Waals surface area contributed by atoms with Crippen molar-refractivity contribution in [2.45, 2.75) is 6.54 Å². The molecule has 0 unspecified atom stereocenters.